The van der Waals surface area contributed by atoms with Gasteiger partial charge in [0.2, 0.25) is 5.95 Å². The minimum absolute atomic E-state index is 0.541. The molecule has 2 aromatic rings. The smallest absolute Gasteiger partial charge is 0.229 e. The van der Waals surface area contributed by atoms with Crippen LogP contribution in [0, 0.1) is 12.8 Å². The van der Waals surface area contributed by atoms with Crippen molar-refractivity contribution in [2.24, 2.45) is 5.92 Å². The van der Waals surface area contributed by atoms with Crippen molar-refractivity contribution in [3.63, 3.8) is 0 Å². The highest BCUT2D eigenvalue weighted by Gasteiger charge is 2.16. The summed E-state index contributed by atoms with van der Waals surface area (Å²) < 4.78 is 11.4. The van der Waals surface area contributed by atoms with Crippen LogP contribution in [0.5, 0.6) is 11.5 Å². The molecule has 134 valence electrons. The van der Waals surface area contributed by atoms with Gasteiger partial charge in [-0.15, -0.1) is 0 Å². The summed E-state index contributed by atoms with van der Waals surface area (Å²) in [5, 5.41) is 9.61. The van der Waals surface area contributed by atoms with Crippen molar-refractivity contribution in [2.75, 3.05) is 44.5 Å². The molecule has 7 nitrogen and oxygen atoms in total. The van der Waals surface area contributed by atoms with Gasteiger partial charge in [-0.3, -0.25) is 0 Å². The summed E-state index contributed by atoms with van der Waals surface area (Å²) in [6.45, 7) is 4.68. The Morgan fingerprint density at radius 3 is 2.84 bits per heavy atom. The molecular weight excluding hydrogens is 318 g/mol. The van der Waals surface area contributed by atoms with Gasteiger partial charge in [0.05, 0.1) is 13.7 Å². The van der Waals surface area contributed by atoms with Gasteiger partial charge in [0.15, 0.2) is 11.5 Å². The maximum absolute atomic E-state index is 6.00. The minimum Gasteiger partial charge on any atom is -0.493 e. The second-order valence-electron chi connectivity index (χ2n) is 6.13. The largest absolute Gasteiger partial charge is 0.493 e. The molecule has 2 heterocycles. The molecule has 1 fully saturated rings. The molecule has 1 atom stereocenters. The number of aryl methyl sites for hydroxylation is 1. The van der Waals surface area contributed by atoms with Crippen molar-refractivity contribution in [3.05, 3.63) is 30.0 Å². The number of hydrogen-bond donors (Lipinski definition) is 3. The summed E-state index contributed by atoms with van der Waals surface area (Å²) in [5.41, 5.74) is 1.74. The van der Waals surface area contributed by atoms with Crippen molar-refractivity contribution in [2.45, 2.75) is 13.3 Å². The standard InChI is InChI=1S/C18H25N5O2/c1-12-8-17(19-2)23-18(21-12)22-14-4-5-15(24-3)16(9-14)25-11-13-6-7-20-10-13/h4-5,8-9,13,20H,6-7,10-11H2,1-3H3,(H2,19,21,22,23)/t13-/m1/s1. The van der Waals surface area contributed by atoms with E-state index in [1.54, 1.807) is 7.11 Å². The molecule has 7 heteroatoms. The van der Waals surface area contributed by atoms with Gasteiger partial charge in [-0.05, 0) is 32.0 Å². The average Bonchev–Trinajstić information content (AvgIpc) is 3.13. The Kier molecular flexibility index (Phi) is 5.55. The summed E-state index contributed by atoms with van der Waals surface area (Å²) in [5.74, 6) is 3.30. The van der Waals surface area contributed by atoms with Crippen LogP contribution in [0.3, 0.4) is 0 Å². The molecular formula is C18H25N5O2. The maximum atomic E-state index is 6.00. The van der Waals surface area contributed by atoms with E-state index in [0.717, 1.165) is 48.2 Å². The highest BCUT2D eigenvalue weighted by molar-refractivity contribution is 5.60. The first-order valence-corrected chi connectivity index (χ1v) is 8.50. The molecule has 1 aromatic heterocycles. The lowest BCUT2D eigenvalue weighted by Gasteiger charge is -2.15. The summed E-state index contributed by atoms with van der Waals surface area (Å²) >= 11 is 0. The van der Waals surface area contributed by atoms with Crippen LogP contribution >= 0.6 is 0 Å². The molecule has 1 aromatic carbocycles. The van der Waals surface area contributed by atoms with Crippen molar-refractivity contribution in [1.82, 2.24) is 15.3 Å². The fourth-order valence-electron chi connectivity index (χ4n) is 2.81. The number of aromatic nitrogens is 2. The molecule has 25 heavy (non-hydrogen) atoms. The SMILES string of the molecule is CNc1cc(C)nc(Nc2ccc(OC)c(OC[C@@H]3CCNC3)c2)n1. The summed E-state index contributed by atoms with van der Waals surface area (Å²) in [6.07, 6.45) is 1.14. The third-order valence-corrected chi connectivity index (χ3v) is 4.17. The van der Waals surface area contributed by atoms with Gasteiger partial charge in [-0.25, -0.2) is 4.98 Å². The molecule has 1 aliphatic rings. The van der Waals surface area contributed by atoms with Gasteiger partial charge in [0.25, 0.3) is 0 Å². The van der Waals surface area contributed by atoms with E-state index < -0.39 is 0 Å². The lowest BCUT2D eigenvalue weighted by molar-refractivity contribution is 0.248. The molecule has 0 unspecified atom stereocenters. The highest BCUT2D eigenvalue weighted by atomic mass is 16.5. The van der Waals surface area contributed by atoms with Crippen LogP contribution in [0.1, 0.15) is 12.1 Å². The van der Waals surface area contributed by atoms with Gasteiger partial charge < -0.3 is 25.4 Å². The Bertz CT molecular complexity index is 717. The highest BCUT2D eigenvalue weighted by Crippen LogP contribution is 2.32. The van der Waals surface area contributed by atoms with Crippen LogP contribution in [0.25, 0.3) is 0 Å². The summed E-state index contributed by atoms with van der Waals surface area (Å²) in [4.78, 5) is 8.83. The quantitative estimate of drug-likeness (QED) is 0.713. The first kappa shape index (κ1) is 17.3. The molecule has 0 saturated carbocycles. The summed E-state index contributed by atoms with van der Waals surface area (Å²) in [7, 11) is 3.48. The monoisotopic (exact) mass is 343 g/mol. The van der Waals surface area contributed by atoms with Crippen LogP contribution in [-0.4, -0.2) is 43.8 Å². The van der Waals surface area contributed by atoms with E-state index in [9.17, 15) is 0 Å². The third kappa shape index (κ3) is 4.51. The number of nitrogens with zero attached hydrogens (tertiary/aromatic N) is 2. The van der Waals surface area contributed by atoms with E-state index in [1.807, 2.05) is 38.2 Å². The Balaban J connectivity index is 1.75. The normalized spacial score (nSPS) is 16.5. The first-order valence-electron chi connectivity index (χ1n) is 8.50. The van der Waals surface area contributed by atoms with Crippen LogP contribution < -0.4 is 25.4 Å². The first-order chi connectivity index (χ1) is 12.2. The molecule has 0 spiro atoms. The van der Waals surface area contributed by atoms with Crippen molar-refractivity contribution in [1.29, 1.82) is 0 Å². The average molecular weight is 343 g/mol. The molecule has 0 radical (unpaired) electrons. The van der Waals surface area contributed by atoms with Crippen LogP contribution in [0.15, 0.2) is 24.3 Å². The number of anilines is 3. The summed E-state index contributed by atoms with van der Waals surface area (Å²) in [6, 6.07) is 7.63. The van der Waals surface area contributed by atoms with Gasteiger partial charge in [-0.2, -0.15) is 4.98 Å². The van der Waals surface area contributed by atoms with E-state index in [0.29, 0.717) is 18.5 Å². The zero-order valence-electron chi connectivity index (χ0n) is 14.9. The van der Waals surface area contributed by atoms with E-state index in [2.05, 4.69) is 25.9 Å². The molecule has 1 aliphatic heterocycles. The second kappa shape index (κ2) is 8.02. The van der Waals surface area contributed by atoms with E-state index in [4.69, 9.17) is 9.47 Å². The topological polar surface area (TPSA) is 80.3 Å². The predicted molar refractivity (Wildman–Crippen MR) is 99.1 cm³/mol. The number of nitrogens with one attached hydrogen (secondary N) is 3. The van der Waals surface area contributed by atoms with Crippen molar-refractivity contribution in [3.8, 4) is 11.5 Å². The lowest BCUT2D eigenvalue weighted by Crippen LogP contribution is -2.15. The maximum Gasteiger partial charge on any atom is 0.229 e. The zero-order valence-corrected chi connectivity index (χ0v) is 14.9. The Morgan fingerprint density at radius 2 is 2.12 bits per heavy atom. The fraction of sp³-hybridized carbons (Fsp3) is 0.444. The van der Waals surface area contributed by atoms with Crippen molar-refractivity contribution < 1.29 is 9.47 Å². The fourth-order valence-corrected chi connectivity index (χ4v) is 2.81. The second-order valence-corrected chi connectivity index (χ2v) is 6.13. The third-order valence-electron chi connectivity index (χ3n) is 4.17. The van der Waals surface area contributed by atoms with E-state index in [1.165, 1.54) is 0 Å². The van der Waals surface area contributed by atoms with Crippen LogP contribution in [0.4, 0.5) is 17.5 Å². The molecule has 3 rings (SSSR count). The van der Waals surface area contributed by atoms with Gasteiger partial charge >= 0.3 is 0 Å². The lowest BCUT2D eigenvalue weighted by atomic mass is 10.1. The van der Waals surface area contributed by atoms with Crippen molar-refractivity contribution >= 4 is 17.5 Å². The molecule has 1 saturated heterocycles. The number of methoxy groups -OCH3 is 1. The molecule has 0 aliphatic carbocycles. The van der Waals surface area contributed by atoms with Crippen LogP contribution in [-0.2, 0) is 0 Å². The molecule has 0 bridgehead atoms. The number of rotatable bonds is 7. The predicted octanol–water partition coefficient (Wildman–Crippen LogP) is 2.57. The zero-order chi connectivity index (χ0) is 17.6. The van der Waals surface area contributed by atoms with Crippen LogP contribution in [0.2, 0.25) is 0 Å². The molecule has 0 amide bonds. The van der Waals surface area contributed by atoms with Gasteiger partial charge in [-0.1, -0.05) is 0 Å². The Morgan fingerprint density at radius 1 is 1.24 bits per heavy atom. The minimum atomic E-state index is 0.541. The molecule has 3 N–H and O–H groups in total. The van der Waals surface area contributed by atoms with Gasteiger partial charge in [0.1, 0.15) is 5.82 Å². The Hall–Kier alpha value is -2.54. The Labute approximate surface area is 148 Å². The van der Waals surface area contributed by atoms with Gasteiger partial charge in [0, 0.05) is 43.0 Å². The number of benzene rings is 1. The van der Waals surface area contributed by atoms with E-state index in [-0.39, 0.29) is 0 Å². The number of ether oxygens (including phenoxy) is 2. The van der Waals surface area contributed by atoms with E-state index >= 15 is 0 Å². The number of hydrogen-bond acceptors (Lipinski definition) is 7.